The van der Waals surface area contributed by atoms with E-state index in [9.17, 15) is 28.3 Å². The van der Waals surface area contributed by atoms with Crippen molar-refractivity contribution < 1.29 is 37.8 Å². The van der Waals surface area contributed by atoms with Gasteiger partial charge in [0.25, 0.3) is 11.8 Å². The number of nitrogens with zero attached hydrogens (tertiary/aromatic N) is 3. The molecule has 2 bridgehead atoms. The minimum Gasteiger partial charge on any atom is -0.503 e. The van der Waals surface area contributed by atoms with Crippen molar-refractivity contribution in [3.8, 4) is 5.75 Å². The number of rotatable bonds is 4. The Morgan fingerprint density at radius 2 is 2.10 bits per heavy atom. The van der Waals surface area contributed by atoms with E-state index in [1.807, 2.05) is 6.92 Å². The van der Waals surface area contributed by atoms with E-state index in [0.29, 0.717) is 44.4 Å². The molecule has 13 heteroatoms. The van der Waals surface area contributed by atoms with Crippen LogP contribution < -0.4 is 10.7 Å². The monoisotopic (exact) mass is 544 g/mol. The molecule has 1 aromatic carbocycles. The average molecular weight is 545 g/mol. The summed E-state index contributed by atoms with van der Waals surface area (Å²) in [5.41, 5.74) is -2.66. The van der Waals surface area contributed by atoms with Crippen LogP contribution in [0.1, 0.15) is 58.6 Å². The SMILES string of the molecule is CC1CCC2(CC(OC3COC3)=NO2)C2CN1C(=O)c1c(O)c(=O)c(C(=O)NCc3ccc(F)cc3F)cn12. The normalized spacial score (nSPS) is 25.9. The minimum atomic E-state index is -1.04. The molecule has 206 valence electrons. The second kappa shape index (κ2) is 9.33. The third-order valence-electron chi connectivity index (χ3n) is 7.89. The van der Waals surface area contributed by atoms with E-state index < -0.39 is 51.8 Å². The number of aromatic nitrogens is 1. The van der Waals surface area contributed by atoms with Crippen molar-refractivity contribution in [1.82, 2.24) is 14.8 Å². The molecule has 3 unspecified atom stereocenters. The van der Waals surface area contributed by atoms with Crippen LogP contribution in [0.5, 0.6) is 5.75 Å². The van der Waals surface area contributed by atoms with Gasteiger partial charge in [-0.3, -0.25) is 14.4 Å². The molecule has 4 aliphatic heterocycles. The molecular weight excluding hydrogens is 518 g/mol. The molecule has 2 amide bonds. The van der Waals surface area contributed by atoms with Gasteiger partial charge in [0.1, 0.15) is 23.3 Å². The van der Waals surface area contributed by atoms with Crippen LogP contribution in [-0.4, -0.2) is 69.8 Å². The van der Waals surface area contributed by atoms with Crippen molar-refractivity contribution in [3.05, 3.63) is 63.1 Å². The fraction of sp³-hybridized carbons (Fsp3) is 0.462. The number of halogens is 2. The van der Waals surface area contributed by atoms with E-state index in [4.69, 9.17) is 14.3 Å². The summed E-state index contributed by atoms with van der Waals surface area (Å²) in [5, 5.41) is 17.5. The first-order valence-electron chi connectivity index (χ1n) is 12.7. The average Bonchev–Trinajstić information content (AvgIpc) is 3.24. The van der Waals surface area contributed by atoms with Gasteiger partial charge in [0, 0.05) is 37.0 Å². The predicted molar refractivity (Wildman–Crippen MR) is 130 cm³/mol. The molecule has 2 aromatic rings. The highest BCUT2D eigenvalue weighted by molar-refractivity contribution is 5.99. The van der Waals surface area contributed by atoms with Crippen molar-refractivity contribution in [2.24, 2.45) is 5.16 Å². The minimum absolute atomic E-state index is 0.00968. The van der Waals surface area contributed by atoms with E-state index in [0.717, 1.165) is 6.07 Å². The van der Waals surface area contributed by atoms with Gasteiger partial charge in [0.15, 0.2) is 17.0 Å². The summed E-state index contributed by atoms with van der Waals surface area (Å²) in [5.74, 6) is -3.51. The van der Waals surface area contributed by atoms with E-state index in [2.05, 4.69) is 10.5 Å². The highest BCUT2D eigenvalue weighted by atomic mass is 19.1. The summed E-state index contributed by atoms with van der Waals surface area (Å²) < 4.78 is 39.7. The predicted octanol–water partition coefficient (Wildman–Crippen LogP) is 1.83. The highest BCUT2D eigenvalue weighted by Crippen LogP contribution is 2.46. The van der Waals surface area contributed by atoms with E-state index in [-0.39, 0.29) is 36.5 Å². The Bertz CT molecular complexity index is 1460. The molecule has 39 heavy (non-hydrogen) atoms. The molecule has 5 heterocycles. The number of nitrogens with one attached hydrogen (secondary N) is 1. The van der Waals surface area contributed by atoms with Gasteiger partial charge in [-0.2, -0.15) is 0 Å². The number of pyridine rings is 1. The highest BCUT2D eigenvalue weighted by Gasteiger charge is 2.55. The van der Waals surface area contributed by atoms with Gasteiger partial charge in [0.2, 0.25) is 11.3 Å². The Hall–Kier alpha value is -4.00. The quantitative estimate of drug-likeness (QED) is 0.600. The molecule has 6 rings (SSSR count). The summed E-state index contributed by atoms with van der Waals surface area (Å²) in [6.45, 7) is 2.66. The molecule has 0 aliphatic carbocycles. The third-order valence-corrected chi connectivity index (χ3v) is 7.89. The van der Waals surface area contributed by atoms with E-state index in [1.165, 1.54) is 16.8 Å². The Morgan fingerprint density at radius 1 is 1.31 bits per heavy atom. The second-order valence-electron chi connectivity index (χ2n) is 10.4. The molecular formula is C26H26F2N4O7. The van der Waals surface area contributed by atoms with Gasteiger partial charge < -0.3 is 34.2 Å². The van der Waals surface area contributed by atoms with Gasteiger partial charge >= 0.3 is 0 Å². The first-order valence-corrected chi connectivity index (χ1v) is 12.7. The van der Waals surface area contributed by atoms with Crippen molar-refractivity contribution >= 4 is 17.7 Å². The Labute approximate surface area is 220 Å². The topological polar surface area (TPSA) is 132 Å². The Balaban J connectivity index is 1.35. The fourth-order valence-electron chi connectivity index (χ4n) is 5.56. The zero-order valence-electron chi connectivity index (χ0n) is 21.0. The number of hydrogen-bond donors (Lipinski definition) is 2. The van der Waals surface area contributed by atoms with E-state index in [1.54, 1.807) is 4.90 Å². The van der Waals surface area contributed by atoms with E-state index >= 15 is 0 Å². The van der Waals surface area contributed by atoms with Gasteiger partial charge in [-0.25, -0.2) is 8.78 Å². The molecule has 0 saturated carbocycles. The van der Waals surface area contributed by atoms with Crippen molar-refractivity contribution in [3.63, 3.8) is 0 Å². The van der Waals surface area contributed by atoms with Crippen molar-refractivity contribution in [1.29, 1.82) is 0 Å². The lowest BCUT2D eigenvalue weighted by molar-refractivity contribution is -0.0869. The molecule has 1 aromatic heterocycles. The van der Waals surface area contributed by atoms with Gasteiger partial charge in [-0.15, -0.1) is 0 Å². The molecule has 2 fully saturated rings. The van der Waals surface area contributed by atoms with Crippen LogP contribution in [0.15, 0.2) is 34.3 Å². The van der Waals surface area contributed by atoms with Crippen LogP contribution in [0.4, 0.5) is 8.78 Å². The number of oxime groups is 1. The van der Waals surface area contributed by atoms with Gasteiger partial charge in [0.05, 0.1) is 25.7 Å². The summed E-state index contributed by atoms with van der Waals surface area (Å²) in [6.07, 6.45) is 2.48. The molecule has 2 saturated heterocycles. The number of amides is 2. The first-order chi connectivity index (χ1) is 18.7. The number of aromatic hydroxyl groups is 1. The molecule has 1 spiro atoms. The summed E-state index contributed by atoms with van der Waals surface area (Å²) in [4.78, 5) is 47.1. The van der Waals surface area contributed by atoms with Crippen molar-refractivity contribution in [2.75, 3.05) is 19.8 Å². The Kier molecular flexibility index (Phi) is 6.05. The maximum Gasteiger partial charge on any atom is 0.274 e. The standard InChI is InChI=1S/C26H26F2N4O7/c1-13-4-5-26(7-20(30-39-26)38-16-11-37-12-16)19-10-31(13)25(36)21-23(34)22(33)17(9-32(19)21)24(35)29-8-14-2-3-15(27)6-18(14)28/h2-3,6,9,13,16,19,34H,4-5,7-8,10-12H2,1H3,(H,29,35). The first kappa shape index (κ1) is 25.3. The zero-order valence-corrected chi connectivity index (χ0v) is 21.0. The lowest BCUT2D eigenvalue weighted by atomic mass is 9.85. The van der Waals surface area contributed by atoms with Gasteiger partial charge in [-0.1, -0.05) is 11.2 Å². The van der Waals surface area contributed by atoms with Gasteiger partial charge in [-0.05, 0) is 25.8 Å². The van der Waals surface area contributed by atoms with Crippen LogP contribution in [0.2, 0.25) is 0 Å². The van der Waals surface area contributed by atoms with Crippen LogP contribution >= 0.6 is 0 Å². The van der Waals surface area contributed by atoms with Crippen LogP contribution in [-0.2, 0) is 20.9 Å². The molecule has 11 nitrogen and oxygen atoms in total. The lowest BCUT2D eigenvalue weighted by Gasteiger charge is -2.41. The number of carbonyl (C=O) groups excluding carboxylic acids is 2. The molecule has 3 atom stereocenters. The number of benzene rings is 1. The zero-order chi connectivity index (χ0) is 27.5. The summed E-state index contributed by atoms with van der Waals surface area (Å²) in [7, 11) is 0. The number of hydrogen-bond acceptors (Lipinski definition) is 8. The fourth-order valence-corrected chi connectivity index (χ4v) is 5.56. The number of ether oxygens (including phenoxy) is 2. The molecule has 0 radical (unpaired) electrons. The second-order valence-corrected chi connectivity index (χ2v) is 10.4. The largest absolute Gasteiger partial charge is 0.503 e. The molecule has 2 N–H and O–H groups in total. The summed E-state index contributed by atoms with van der Waals surface area (Å²) >= 11 is 0. The summed E-state index contributed by atoms with van der Waals surface area (Å²) in [6, 6.07) is 2.10. The van der Waals surface area contributed by atoms with Crippen LogP contribution in [0, 0.1) is 11.6 Å². The lowest BCUT2D eigenvalue weighted by Crippen LogP contribution is -2.52. The Morgan fingerprint density at radius 3 is 2.82 bits per heavy atom. The maximum absolute atomic E-state index is 14.1. The van der Waals surface area contributed by atoms with Crippen LogP contribution in [0.25, 0.3) is 0 Å². The maximum atomic E-state index is 14.1. The number of carbonyl (C=O) groups is 2. The molecule has 4 aliphatic rings. The van der Waals surface area contributed by atoms with Crippen molar-refractivity contribution in [2.45, 2.75) is 56.5 Å². The van der Waals surface area contributed by atoms with Crippen LogP contribution in [0.3, 0.4) is 0 Å². The number of fused-ring (bicyclic) bond motifs is 5. The smallest absolute Gasteiger partial charge is 0.274 e. The third kappa shape index (κ3) is 4.20.